The van der Waals surface area contributed by atoms with Gasteiger partial charge in [-0.15, -0.1) is 0 Å². The van der Waals surface area contributed by atoms with Crippen LogP contribution in [-0.4, -0.2) is 54.5 Å². The van der Waals surface area contributed by atoms with Gasteiger partial charge in [0, 0.05) is 50.6 Å². The van der Waals surface area contributed by atoms with Gasteiger partial charge in [-0.2, -0.15) is 0 Å². The van der Waals surface area contributed by atoms with Crippen molar-refractivity contribution in [1.29, 1.82) is 0 Å². The number of aryl methyl sites for hydroxylation is 1. The zero-order valence-electron chi connectivity index (χ0n) is 16.4. The van der Waals surface area contributed by atoms with E-state index in [2.05, 4.69) is 14.9 Å². The van der Waals surface area contributed by atoms with Gasteiger partial charge in [0.25, 0.3) is 5.91 Å². The van der Waals surface area contributed by atoms with Gasteiger partial charge in [-0.25, -0.2) is 9.97 Å². The van der Waals surface area contributed by atoms with E-state index in [0.29, 0.717) is 31.3 Å². The standard InChI is InChI=1S/C21H26N4O3/c1-3-25(18-6-4-5-16(2)13-18)19(26)17-14-22-20(23-15-17)24-9-7-21(8-10-24)27-11-12-28-21/h4-6,13-15H,3,7-12H2,1-2H3. The van der Waals surface area contributed by atoms with Crippen LogP contribution in [0.15, 0.2) is 36.7 Å². The van der Waals surface area contributed by atoms with Crippen molar-refractivity contribution in [3.63, 3.8) is 0 Å². The minimum atomic E-state index is -0.415. The smallest absolute Gasteiger partial charge is 0.261 e. The third-order valence-electron chi connectivity index (χ3n) is 5.38. The van der Waals surface area contributed by atoms with E-state index in [4.69, 9.17) is 9.47 Å². The Labute approximate surface area is 165 Å². The van der Waals surface area contributed by atoms with Crippen molar-refractivity contribution >= 4 is 17.5 Å². The number of benzene rings is 1. The molecule has 0 radical (unpaired) electrons. The van der Waals surface area contributed by atoms with Gasteiger partial charge < -0.3 is 19.3 Å². The van der Waals surface area contributed by atoms with E-state index >= 15 is 0 Å². The Hall–Kier alpha value is -2.51. The summed E-state index contributed by atoms with van der Waals surface area (Å²) in [6.07, 6.45) is 4.84. The van der Waals surface area contributed by atoms with Crippen LogP contribution in [0.1, 0.15) is 35.7 Å². The molecule has 0 aliphatic carbocycles. The Kier molecular flexibility index (Phi) is 5.28. The normalized spacial score (nSPS) is 18.4. The number of carbonyl (C=O) groups is 1. The lowest BCUT2D eigenvalue weighted by Gasteiger charge is -2.37. The molecule has 0 bridgehead atoms. The van der Waals surface area contributed by atoms with Crippen LogP contribution in [0.4, 0.5) is 11.6 Å². The molecule has 3 heterocycles. The lowest BCUT2D eigenvalue weighted by Crippen LogP contribution is -2.45. The number of ether oxygens (including phenoxy) is 2. The summed E-state index contributed by atoms with van der Waals surface area (Å²) in [6, 6.07) is 7.93. The van der Waals surface area contributed by atoms with Crippen LogP contribution < -0.4 is 9.80 Å². The van der Waals surface area contributed by atoms with Gasteiger partial charge in [0.05, 0.1) is 18.8 Å². The SMILES string of the molecule is CCN(C(=O)c1cnc(N2CCC3(CC2)OCCO3)nc1)c1cccc(C)c1. The summed E-state index contributed by atoms with van der Waals surface area (Å²) in [6.45, 7) is 7.45. The monoisotopic (exact) mass is 382 g/mol. The summed E-state index contributed by atoms with van der Waals surface area (Å²) >= 11 is 0. The fourth-order valence-corrected chi connectivity index (χ4v) is 3.82. The number of rotatable bonds is 4. The predicted octanol–water partition coefficient (Wildman–Crippen LogP) is 2.80. The molecule has 148 valence electrons. The van der Waals surface area contributed by atoms with E-state index in [1.807, 2.05) is 38.1 Å². The second-order valence-electron chi connectivity index (χ2n) is 7.25. The zero-order chi connectivity index (χ0) is 19.6. The molecule has 1 amide bonds. The molecule has 2 fully saturated rings. The van der Waals surface area contributed by atoms with E-state index in [1.54, 1.807) is 17.3 Å². The summed E-state index contributed by atoms with van der Waals surface area (Å²) in [4.78, 5) is 25.7. The Bertz CT molecular complexity index is 824. The molecule has 2 saturated heterocycles. The average molecular weight is 382 g/mol. The predicted molar refractivity (Wildman–Crippen MR) is 107 cm³/mol. The molecule has 0 atom stereocenters. The number of hydrogen-bond donors (Lipinski definition) is 0. The Balaban J connectivity index is 1.44. The van der Waals surface area contributed by atoms with Crippen molar-refractivity contribution in [2.75, 3.05) is 42.6 Å². The van der Waals surface area contributed by atoms with Gasteiger partial charge in [-0.3, -0.25) is 4.79 Å². The van der Waals surface area contributed by atoms with Crippen molar-refractivity contribution in [2.45, 2.75) is 32.5 Å². The fourth-order valence-electron chi connectivity index (χ4n) is 3.82. The first-order valence-electron chi connectivity index (χ1n) is 9.84. The van der Waals surface area contributed by atoms with Crippen molar-refractivity contribution in [3.8, 4) is 0 Å². The Morgan fingerprint density at radius 3 is 2.46 bits per heavy atom. The van der Waals surface area contributed by atoms with Gasteiger partial charge in [0.2, 0.25) is 5.95 Å². The van der Waals surface area contributed by atoms with E-state index in [0.717, 1.165) is 37.2 Å². The van der Waals surface area contributed by atoms with Gasteiger partial charge in [0.1, 0.15) is 0 Å². The summed E-state index contributed by atoms with van der Waals surface area (Å²) in [5, 5.41) is 0. The molecule has 0 N–H and O–H groups in total. The number of anilines is 2. The largest absolute Gasteiger partial charge is 0.347 e. The second kappa shape index (κ2) is 7.85. The van der Waals surface area contributed by atoms with Crippen LogP contribution in [0.3, 0.4) is 0 Å². The highest BCUT2D eigenvalue weighted by Gasteiger charge is 2.40. The topological polar surface area (TPSA) is 67.8 Å². The van der Waals surface area contributed by atoms with Crippen molar-refractivity contribution in [2.24, 2.45) is 0 Å². The molecule has 1 spiro atoms. The number of hydrogen-bond acceptors (Lipinski definition) is 6. The molecule has 7 nitrogen and oxygen atoms in total. The molecule has 2 aliphatic heterocycles. The maximum atomic E-state index is 12.9. The van der Waals surface area contributed by atoms with Gasteiger partial charge >= 0.3 is 0 Å². The molecule has 2 aromatic rings. The van der Waals surface area contributed by atoms with Crippen molar-refractivity contribution < 1.29 is 14.3 Å². The Morgan fingerprint density at radius 1 is 1.18 bits per heavy atom. The summed E-state index contributed by atoms with van der Waals surface area (Å²) in [5.41, 5.74) is 2.49. The first-order valence-corrected chi connectivity index (χ1v) is 9.84. The number of amides is 1. The molecule has 28 heavy (non-hydrogen) atoms. The van der Waals surface area contributed by atoms with Gasteiger partial charge in [0.15, 0.2) is 5.79 Å². The third-order valence-corrected chi connectivity index (χ3v) is 5.38. The minimum Gasteiger partial charge on any atom is -0.347 e. The molecule has 1 aromatic carbocycles. The average Bonchev–Trinajstić information content (AvgIpc) is 3.17. The first-order chi connectivity index (χ1) is 13.6. The third kappa shape index (κ3) is 3.72. The van der Waals surface area contributed by atoms with Crippen LogP contribution in [-0.2, 0) is 9.47 Å². The number of piperidine rings is 1. The van der Waals surface area contributed by atoms with E-state index in [9.17, 15) is 4.79 Å². The molecular formula is C21H26N4O3. The van der Waals surface area contributed by atoms with Crippen LogP contribution in [0.25, 0.3) is 0 Å². The molecule has 0 saturated carbocycles. The molecule has 4 rings (SSSR count). The van der Waals surface area contributed by atoms with Crippen LogP contribution in [0.2, 0.25) is 0 Å². The Morgan fingerprint density at radius 2 is 1.86 bits per heavy atom. The summed E-state index contributed by atoms with van der Waals surface area (Å²) in [7, 11) is 0. The van der Waals surface area contributed by atoms with E-state index < -0.39 is 5.79 Å². The highest BCUT2D eigenvalue weighted by Crippen LogP contribution is 2.32. The van der Waals surface area contributed by atoms with Crippen LogP contribution in [0.5, 0.6) is 0 Å². The van der Waals surface area contributed by atoms with Crippen molar-refractivity contribution in [1.82, 2.24) is 9.97 Å². The second-order valence-corrected chi connectivity index (χ2v) is 7.25. The maximum Gasteiger partial charge on any atom is 0.261 e. The fraction of sp³-hybridized carbons (Fsp3) is 0.476. The molecule has 1 aromatic heterocycles. The first kappa shape index (κ1) is 18.8. The highest BCUT2D eigenvalue weighted by molar-refractivity contribution is 6.05. The van der Waals surface area contributed by atoms with E-state index in [-0.39, 0.29) is 5.91 Å². The highest BCUT2D eigenvalue weighted by atomic mass is 16.7. The van der Waals surface area contributed by atoms with Gasteiger partial charge in [-0.1, -0.05) is 12.1 Å². The van der Waals surface area contributed by atoms with E-state index in [1.165, 1.54) is 0 Å². The van der Waals surface area contributed by atoms with Crippen LogP contribution in [0, 0.1) is 6.92 Å². The minimum absolute atomic E-state index is 0.0926. The number of nitrogens with zero attached hydrogens (tertiary/aromatic N) is 4. The maximum absolute atomic E-state index is 12.9. The molecular weight excluding hydrogens is 356 g/mol. The lowest BCUT2D eigenvalue weighted by atomic mass is 10.0. The summed E-state index contributed by atoms with van der Waals surface area (Å²) < 4.78 is 11.5. The van der Waals surface area contributed by atoms with Crippen LogP contribution >= 0.6 is 0 Å². The van der Waals surface area contributed by atoms with Crippen molar-refractivity contribution in [3.05, 3.63) is 47.8 Å². The number of aromatic nitrogens is 2. The zero-order valence-corrected chi connectivity index (χ0v) is 16.4. The molecule has 7 heteroatoms. The lowest BCUT2D eigenvalue weighted by molar-refractivity contribution is -0.169. The number of carbonyl (C=O) groups excluding carboxylic acids is 1. The van der Waals surface area contributed by atoms with Gasteiger partial charge in [-0.05, 0) is 31.5 Å². The summed E-state index contributed by atoms with van der Waals surface area (Å²) in [5.74, 6) is 0.134. The molecule has 0 unspecified atom stereocenters. The quantitative estimate of drug-likeness (QED) is 0.810. The molecule has 2 aliphatic rings.